The van der Waals surface area contributed by atoms with Gasteiger partial charge in [0.2, 0.25) is 0 Å². The molecule has 1 unspecified atom stereocenters. The molecular weight excluding hydrogens is 403 g/mol. The van der Waals surface area contributed by atoms with Gasteiger partial charge in [-0.25, -0.2) is 0 Å². The summed E-state index contributed by atoms with van der Waals surface area (Å²) in [5.74, 6) is 1.33. The van der Waals surface area contributed by atoms with E-state index >= 15 is 0 Å². The van der Waals surface area contributed by atoms with Crippen LogP contribution in [-0.2, 0) is 0 Å². The number of ether oxygens (including phenoxy) is 1. The lowest BCUT2D eigenvalue weighted by atomic mass is 9.98. The van der Waals surface area contributed by atoms with Gasteiger partial charge >= 0.3 is 0 Å². The standard InChI is InChI=1S/C16H15Br2ClO/c17-11-13(12-1-5-15(19)6-2-12)9-10-20-16-7-3-14(18)4-8-16/h1-8,13H,9-11H2. The average molecular weight is 419 g/mol. The summed E-state index contributed by atoms with van der Waals surface area (Å²) in [6.07, 6.45) is 0.961. The van der Waals surface area contributed by atoms with Crippen LogP contribution in [0.25, 0.3) is 0 Å². The van der Waals surface area contributed by atoms with Crippen molar-refractivity contribution in [1.29, 1.82) is 0 Å². The van der Waals surface area contributed by atoms with Gasteiger partial charge in [-0.15, -0.1) is 0 Å². The molecule has 0 heterocycles. The summed E-state index contributed by atoms with van der Waals surface area (Å²) >= 11 is 12.9. The second-order valence-corrected chi connectivity index (χ2v) is 6.49. The highest BCUT2D eigenvalue weighted by molar-refractivity contribution is 9.10. The van der Waals surface area contributed by atoms with Gasteiger partial charge in [0.1, 0.15) is 5.75 Å². The Balaban J connectivity index is 1.87. The Morgan fingerprint density at radius 3 is 2.25 bits per heavy atom. The van der Waals surface area contributed by atoms with E-state index in [0.717, 1.165) is 27.0 Å². The molecule has 0 bridgehead atoms. The summed E-state index contributed by atoms with van der Waals surface area (Å²) < 4.78 is 6.83. The van der Waals surface area contributed by atoms with Gasteiger partial charge in [-0.05, 0) is 54.3 Å². The summed E-state index contributed by atoms with van der Waals surface area (Å²) in [7, 11) is 0. The molecule has 4 heteroatoms. The Labute approximate surface area is 141 Å². The SMILES string of the molecule is Clc1ccc(C(CBr)CCOc2ccc(Br)cc2)cc1. The molecule has 0 aliphatic heterocycles. The summed E-state index contributed by atoms with van der Waals surface area (Å²) in [5.41, 5.74) is 1.28. The Morgan fingerprint density at radius 2 is 1.65 bits per heavy atom. The van der Waals surface area contributed by atoms with Gasteiger partial charge < -0.3 is 4.74 Å². The summed E-state index contributed by atoms with van der Waals surface area (Å²) in [4.78, 5) is 0. The maximum absolute atomic E-state index is 5.92. The molecule has 2 rings (SSSR count). The first-order valence-electron chi connectivity index (χ1n) is 6.39. The highest BCUT2D eigenvalue weighted by Crippen LogP contribution is 2.24. The van der Waals surface area contributed by atoms with E-state index in [1.165, 1.54) is 5.56 Å². The predicted molar refractivity (Wildman–Crippen MR) is 92.2 cm³/mol. The largest absolute Gasteiger partial charge is 0.494 e. The molecule has 0 aliphatic rings. The number of benzene rings is 2. The molecular formula is C16H15Br2ClO. The molecule has 0 saturated carbocycles. The minimum Gasteiger partial charge on any atom is -0.494 e. The molecule has 0 spiro atoms. The molecule has 0 radical (unpaired) electrons. The number of halogens is 3. The van der Waals surface area contributed by atoms with Gasteiger partial charge in [0.15, 0.2) is 0 Å². The highest BCUT2D eigenvalue weighted by Gasteiger charge is 2.10. The highest BCUT2D eigenvalue weighted by atomic mass is 79.9. The van der Waals surface area contributed by atoms with Crippen LogP contribution in [0.1, 0.15) is 17.9 Å². The van der Waals surface area contributed by atoms with Crippen molar-refractivity contribution in [3.8, 4) is 5.75 Å². The third-order valence-electron chi connectivity index (χ3n) is 3.08. The minimum absolute atomic E-state index is 0.433. The van der Waals surface area contributed by atoms with Crippen LogP contribution < -0.4 is 4.74 Å². The van der Waals surface area contributed by atoms with Crippen molar-refractivity contribution in [2.75, 3.05) is 11.9 Å². The van der Waals surface area contributed by atoms with Crippen molar-refractivity contribution >= 4 is 43.5 Å². The van der Waals surface area contributed by atoms with Gasteiger partial charge in [-0.2, -0.15) is 0 Å². The zero-order valence-electron chi connectivity index (χ0n) is 10.9. The second kappa shape index (κ2) is 8.06. The van der Waals surface area contributed by atoms with Crippen LogP contribution in [0.4, 0.5) is 0 Å². The topological polar surface area (TPSA) is 9.23 Å². The normalized spacial score (nSPS) is 12.2. The molecule has 0 fully saturated rings. The lowest BCUT2D eigenvalue weighted by Crippen LogP contribution is -2.07. The van der Waals surface area contributed by atoms with Crippen LogP contribution in [-0.4, -0.2) is 11.9 Å². The number of rotatable bonds is 6. The second-order valence-electron chi connectivity index (χ2n) is 4.49. The molecule has 0 saturated heterocycles. The van der Waals surface area contributed by atoms with E-state index in [9.17, 15) is 0 Å². The van der Waals surface area contributed by atoms with Crippen LogP contribution in [0.2, 0.25) is 5.02 Å². The fourth-order valence-corrected chi connectivity index (χ4v) is 3.01. The summed E-state index contributed by atoms with van der Waals surface area (Å²) in [5, 5.41) is 1.69. The summed E-state index contributed by atoms with van der Waals surface area (Å²) in [6, 6.07) is 15.9. The van der Waals surface area contributed by atoms with E-state index in [1.54, 1.807) is 0 Å². The van der Waals surface area contributed by atoms with Crippen molar-refractivity contribution in [3.63, 3.8) is 0 Å². The molecule has 2 aromatic carbocycles. The van der Waals surface area contributed by atoms with E-state index in [2.05, 4.69) is 44.0 Å². The Kier molecular flexibility index (Phi) is 6.40. The van der Waals surface area contributed by atoms with E-state index in [-0.39, 0.29) is 0 Å². The van der Waals surface area contributed by atoms with Crippen LogP contribution in [0.3, 0.4) is 0 Å². The number of hydrogen-bond donors (Lipinski definition) is 0. The van der Waals surface area contributed by atoms with Gasteiger partial charge in [-0.3, -0.25) is 0 Å². The Morgan fingerprint density at radius 1 is 1.00 bits per heavy atom. The third kappa shape index (κ3) is 4.80. The molecule has 2 aromatic rings. The molecule has 0 aromatic heterocycles. The van der Waals surface area contributed by atoms with Crippen LogP contribution >= 0.6 is 43.5 Å². The van der Waals surface area contributed by atoms with E-state index in [1.807, 2.05) is 36.4 Å². The Bertz CT molecular complexity index is 525. The lowest BCUT2D eigenvalue weighted by Gasteiger charge is -2.15. The van der Waals surface area contributed by atoms with Crippen LogP contribution in [0.15, 0.2) is 53.0 Å². The third-order valence-corrected chi connectivity index (χ3v) is 4.64. The fraction of sp³-hybridized carbons (Fsp3) is 0.250. The molecule has 0 N–H and O–H groups in total. The van der Waals surface area contributed by atoms with E-state index in [4.69, 9.17) is 16.3 Å². The fourth-order valence-electron chi connectivity index (χ4n) is 1.92. The average Bonchev–Trinajstić information content (AvgIpc) is 2.47. The predicted octanol–water partition coefficient (Wildman–Crippen LogP) is 6.05. The lowest BCUT2D eigenvalue weighted by molar-refractivity contribution is 0.301. The Hall–Kier alpha value is -0.510. The van der Waals surface area contributed by atoms with E-state index in [0.29, 0.717) is 12.5 Å². The molecule has 1 atom stereocenters. The van der Waals surface area contributed by atoms with Gasteiger partial charge in [0.25, 0.3) is 0 Å². The molecule has 1 nitrogen and oxygen atoms in total. The van der Waals surface area contributed by atoms with Crippen molar-refractivity contribution in [2.24, 2.45) is 0 Å². The van der Waals surface area contributed by atoms with Crippen LogP contribution in [0, 0.1) is 0 Å². The van der Waals surface area contributed by atoms with Crippen molar-refractivity contribution in [2.45, 2.75) is 12.3 Å². The number of alkyl halides is 1. The summed E-state index contributed by atoms with van der Waals surface area (Å²) in [6.45, 7) is 0.695. The first kappa shape index (κ1) is 15.9. The molecule has 0 aliphatic carbocycles. The van der Waals surface area contributed by atoms with Gasteiger partial charge in [0, 0.05) is 14.8 Å². The maximum Gasteiger partial charge on any atom is 0.119 e. The maximum atomic E-state index is 5.92. The van der Waals surface area contributed by atoms with E-state index < -0.39 is 0 Å². The van der Waals surface area contributed by atoms with Gasteiger partial charge in [0.05, 0.1) is 6.61 Å². The monoisotopic (exact) mass is 416 g/mol. The van der Waals surface area contributed by atoms with Crippen molar-refractivity contribution < 1.29 is 4.74 Å². The number of hydrogen-bond acceptors (Lipinski definition) is 1. The quantitative estimate of drug-likeness (QED) is 0.519. The zero-order chi connectivity index (χ0) is 14.4. The van der Waals surface area contributed by atoms with Crippen molar-refractivity contribution in [3.05, 3.63) is 63.6 Å². The van der Waals surface area contributed by atoms with Gasteiger partial charge in [-0.1, -0.05) is 55.6 Å². The van der Waals surface area contributed by atoms with Crippen molar-refractivity contribution in [1.82, 2.24) is 0 Å². The smallest absolute Gasteiger partial charge is 0.119 e. The minimum atomic E-state index is 0.433. The molecule has 20 heavy (non-hydrogen) atoms. The zero-order valence-corrected chi connectivity index (χ0v) is 14.8. The first-order valence-corrected chi connectivity index (χ1v) is 8.68. The molecule has 106 valence electrons. The van der Waals surface area contributed by atoms with Crippen LogP contribution in [0.5, 0.6) is 5.75 Å². The molecule has 0 amide bonds. The first-order chi connectivity index (χ1) is 9.69.